The molecule has 2 unspecified atom stereocenters. The lowest BCUT2D eigenvalue weighted by Crippen LogP contribution is -2.46. The third kappa shape index (κ3) is 2.86. The van der Waals surface area contributed by atoms with Gasteiger partial charge in [-0.05, 0) is 39.5 Å². The number of hydrogen-bond acceptors (Lipinski definition) is 3. The molecule has 1 fully saturated rings. The first-order valence-corrected chi connectivity index (χ1v) is 6.10. The SMILES string of the molecule is CCOCC(NC)C1(C)CCCS1. The summed E-state index contributed by atoms with van der Waals surface area (Å²) in [7, 11) is 2.04. The van der Waals surface area contributed by atoms with Crippen molar-refractivity contribution in [3.8, 4) is 0 Å². The monoisotopic (exact) mass is 203 g/mol. The summed E-state index contributed by atoms with van der Waals surface area (Å²) < 4.78 is 5.88. The lowest BCUT2D eigenvalue weighted by Gasteiger charge is -2.32. The van der Waals surface area contributed by atoms with Crippen LogP contribution in [0.25, 0.3) is 0 Å². The fraction of sp³-hybridized carbons (Fsp3) is 1.00. The van der Waals surface area contributed by atoms with Crippen LogP contribution in [0.1, 0.15) is 26.7 Å². The topological polar surface area (TPSA) is 21.3 Å². The van der Waals surface area contributed by atoms with E-state index in [1.807, 2.05) is 7.05 Å². The average Bonchev–Trinajstić information content (AvgIpc) is 2.54. The van der Waals surface area contributed by atoms with Crippen LogP contribution in [0.3, 0.4) is 0 Å². The maximum absolute atomic E-state index is 5.49. The molecule has 0 bridgehead atoms. The molecule has 0 spiro atoms. The quantitative estimate of drug-likeness (QED) is 0.737. The molecule has 0 amide bonds. The van der Waals surface area contributed by atoms with Gasteiger partial charge in [-0.3, -0.25) is 0 Å². The van der Waals surface area contributed by atoms with Crippen LogP contribution in [0.15, 0.2) is 0 Å². The molecule has 0 aromatic carbocycles. The summed E-state index contributed by atoms with van der Waals surface area (Å²) in [5.74, 6) is 1.31. The zero-order valence-corrected chi connectivity index (χ0v) is 9.75. The molecule has 0 aromatic heterocycles. The predicted octanol–water partition coefficient (Wildman–Crippen LogP) is 1.90. The molecule has 1 rings (SSSR count). The van der Waals surface area contributed by atoms with E-state index < -0.39 is 0 Å². The minimum Gasteiger partial charge on any atom is -0.380 e. The van der Waals surface area contributed by atoms with Crippen molar-refractivity contribution in [3.63, 3.8) is 0 Å². The highest BCUT2D eigenvalue weighted by molar-refractivity contribution is 8.00. The van der Waals surface area contributed by atoms with Gasteiger partial charge in [0.05, 0.1) is 6.61 Å². The Balaban J connectivity index is 2.43. The van der Waals surface area contributed by atoms with Crippen LogP contribution in [0.2, 0.25) is 0 Å². The predicted molar refractivity (Wildman–Crippen MR) is 59.4 cm³/mol. The van der Waals surface area contributed by atoms with Gasteiger partial charge < -0.3 is 10.1 Å². The van der Waals surface area contributed by atoms with Crippen molar-refractivity contribution in [2.75, 3.05) is 26.0 Å². The van der Waals surface area contributed by atoms with E-state index in [0.717, 1.165) is 13.2 Å². The second-order valence-electron chi connectivity index (χ2n) is 3.77. The largest absolute Gasteiger partial charge is 0.380 e. The van der Waals surface area contributed by atoms with Crippen molar-refractivity contribution in [1.82, 2.24) is 5.32 Å². The van der Waals surface area contributed by atoms with Gasteiger partial charge in [0.25, 0.3) is 0 Å². The molecule has 0 radical (unpaired) electrons. The highest BCUT2D eigenvalue weighted by atomic mass is 32.2. The van der Waals surface area contributed by atoms with Crippen LogP contribution >= 0.6 is 11.8 Å². The van der Waals surface area contributed by atoms with Crippen LogP contribution in [0.5, 0.6) is 0 Å². The Kier molecular flexibility index (Phi) is 4.56. The summed E-state index contributed by atoms with van der Waals surface area (Å²) in [6.45, 7) is 6.07. The van der Waals surface area contributed by atoms with E-state index in [4.69, 9.17) is 4.74 Å². The lowest BCUT2D eigenvalue weighted by atomic mass is 9.97. The summed E-state index contributed by atoms with van der Waals surface area (Å²) in [4.78, 5) is 0. The van der Waals surface area contributed by atoms with Crippen LogP contribution in [0, 0.1) is 0 Å². The molecular formula is C10H21NOS. The van der Waals surface area contributed by atoms with E-state index in [2.05, 4.69) is 30.9 Å². The van der Waals surface area contributed by atoms with Crippen LogP contribution < -0.4 is 5.32 Å². The molecule has 0 aliphatic carbocycles. The van der Waals surface area contributed by atoms with E-state index in [-0.39, 0.29) is 0 Å². The van der Waals surface area contributed by atoms with Crippen molar-refractivity contribution in [1.29, 1.82) is 0 Å². The Morgan fingerprint density at radius 1 is 1.62 bits per heavy atom. The summed E-state index contributed by atoms with van der Waals surface area (Å²) in [5.41, 5.74) is 0. The average molecular weight is 203 g/mol. The molecule has 2 nitrogen and oxygen atoms in total. The summed E-state index contributed by atoms with van der Waals surface area (Å²) in [6.07, 6.45) is 2.67. The van der Waals surface area contributed by atoms with Gasteiger partial charge in [-0.15, -0.1) is 0 Å². The number of hydrogen-bond donors (Lipinski definition) is 1. The minimum atomic E-state index is 0.393. The third-order valence-electron chi connectivity index (χ3n) is 2.82. The second-order valence-corrected chi connectivity index (χ2v) is 5.39. The van der Waals surface area contributed by atoms with Gasteiger partial charge in [-0.25, -0.2) is 0 Å². The Hall–Kier alpha value is 0.270. The van der Waals surface area contributed by atoms with Crippen LogP contribution in [-0.2, 0) is 4.74 Å². The van der Waals surface area contributed by atoms with Gasteiger partial charge in [-0.2, -0.15) is 11.8 Å². The van der Waals surface area contributed by atoms with E-state index in [1.165, 1.54) is 18.6 Å². The minimum absolute atomic E-state index is 0.393. The molecule has 0 saturated carbocycles. The van der Waals surface area contributed by atoms with Crippen molar-refractivity contribution < 1.29 is 4.74 Å². The van der Waals surface area contributed by atoms with Crippen molar-refractivity contribution in [3.05, 3.63) is 0 Å². The number of nitrogens with one attached hydrogen (secondary N) is 1. The van der Waals surface area contributed by atoms with Crippen molar-refractivity contribution in [2.24, 2.45) is 0 Å². The van der Waals surface area contributed by atoms with Gasteiger partial charge in [0, 0.05) is 17.4 Å². The Bertz CT molecular complexity index is 146. The first kappa shape index (κ1) is 11.3. The summed E-state index contributed by atoms with van der Waals surface area (Å²) in [6, 6.07) is 0.500. The first-order chi connectivity index (χ1) is 6.23. The highest BCUT2D eigenvalue weighted by Crippen LogP contribution is 2.40. The molecule has 78 valence electrons. The Morgan fingerprint density at radius 2 is 2.38 bits per heavy atom. The fourth-order valence-electron chi connectivity index (χ4n) is 1.88. The van der Waals surface area contributed by atoms with Crippen LogP contribution in [0.4, 0.5) is 0 Å². The van der Waals surface area contributed by atoms with Gasteiger partial charge in [-0.1, -0.05) is 0 Å². The van der Waals surface area contributed by atoms with E-state index in [1.54, 1.807) is 0 Å². The standard InChI is InChI=1S/C10H21NOS/c1-4-12-8-9(11-3)10(2)6-5-7-13-10/h9,11H,4-8H2,1-3H3. The number of thioether (sulfide) groups is 1. The van der Waals surface area contributed by atoms with Gasteiger partial charge >= 0.3 is 0 Å². The Morgan fingerprint density at radius 3 is 2.85 bits per heavy atom. The lowest BCUT2D eigenvalue weighted by molar-refractivity contribution is 0.114. The molecule has 1 aliphatic rings. The molecular weight excluding hydrogens is 182 g/mol. The maximum atomic E-state index is 5.49. The number of likely N-dealkylation sites (N-methyl/N-ethyl adjacent to an activating group) is 1. The Labute approximate surface area is 85.8 Å². The molecule has 2 atom stereocenters. The molecule has 3 heteroatoms. The van der Waals surface area contributed by atoms with Crippen molar-refractivity contribution >= 4 is 11.8 Å². The zero-order valence-electron chi connectivity index (χ0n) is 8.93. The third-order valence-corrected chi connectivity index (χ3v) is 4.46. The van der Waals surface area contributed by atoms with Gasteiger partial charge in [0.1, 0.15) is 0 Å². The van der Waals surface area contributed by atoms with Crippen molar-refractivity contribution in [2.45, 2.75) is 37.5 Å². The normalized spacial score (nSPS) is 30.7. The second kappa shape index (κ2) is 5.23. The summed E-state index contributed by atoms with van der Waals surface area (Å²) in [5, 5.41) is 3.37. The molecule has 1 N–H and O–H groups in total. The first-order valence-electron chi connectivity index (χ1n) is 5.12. The molecule has 0 aromatic rings. The molecule has 1 saturated heterocycles. The van der Waals surface area contributed by atoms with Gasteiger partial charge in [0.2, 0.25) is 0 Å². The smallest absolute Gasteiger partial charge is 0.0632 e. The molecule has 1 heterocycles. The van der Waals surface area contributed by atoms with E-state index in [9.17, 15) is 0 Å². The maximum Gasteiger partial charge on any atom is 0.0632 e. The van der Waals surface area contributed by atoms with Crippen LogP contribution in [-0.4, -0.2) is 36.8 Å². The van der Waals surface area contributed by atoms with E-state index in [0.29, 0.717) is 10.8 Å². The molecule has 13 heavy (non-hydrogen) atoms. The molecule has 1 aliphatic heterocycles. The van der Waals surface area contributed by atoms with Gasteiger partial charge in [0.15, 0.2) is 0 Å². The number of rotatable bonds is 5. The van der Waals surface area contributed by atoms with E-state index >= 15 is 0 Å². The fourth-order valence-corrected chi connectivity index (χ4v) is 3.31. The summed E-state index contributed by atoms with van der Waals surface area (Å²) >= 11 is 2.09. The highest BCUT2D eigenvalue weighted by Gasteiger charge is 2.36. The zero-order chi connectivity index (χ0) is 9.73. The number of ether oxygens (including phenoxy) is 1.